The van der Waals surface area contributed by atoms with Crippen LogP contribution in [0.4, 0.5) is 0 Å². The molecule has 1 heterocycles. The summed E-state index contributed by atoms with van der Waals surface area (Å²) < 4.78 is 12.8. The van der Waals surface area contributed by atoms with Crippen molar-refractivity contribution in [2.75, 3.05) is 33.4 Å². The summed E-state index contributed by atoms with van der Waals surface area (Å²) in [6.07, 6.45) is 6.72. The van der Waals surface area contributed by atoms with Gasteiger partial charge in [0.25, 0.3) is 0 Å². The van der Waals surface area contributed by atoms with Crippen LogP contribution in [0.3, 0.4) is 0 Å². The van der Waals surface area contributed by atoms with E-state index in [1.54, 1.807) is 7.11 Å². The summed E-state index contributed by atoms with van der Waals surface area (Å²) in [6.45, 7) is 7.84. The second-order valence-electron chi connectivity index (χ2n) is 7.44. The Kier molecular flexibility index (Phi) is 9.09. The summed E-state index contributed by atoms with van der Waals surface area (Å²) in [7, 11) is 1.68. The summed E-state index contributed by atoms with van der Waals surface area (Å²) in [5, 5.41) is 10.3. The van der Waals surface area contributed by atoms with Gasteiger partial charge in [0.05, 0.1) is 19.8 Å². The molecule has 0 saturated carbocycles. The molecule has 0 spiro atoms. The number of aliphatic hydroxyl groups excluding tert-OH is 1. The molecular formula is C23H32N2O3. The van der Waals surface area contributed by atoms with Gasteiger partial charge in [-0.25, -0.2) is 0 Å². The lowest BCUT2D eigenvalue weighted by atomic mass is 10.2. The molecule has 152 valence electrons. The fourth-order valence-electron chi connectivity index (χ4n) is 3.27. The van der Waals surface area contributed by atoms with E-state index >= 15 is 0 Å². The standard InChI is InChI=1S/C23H32N2O3/c1-5-12-28-18-22(26)17-24(14-19(2)3)16-21-9-7-11-25(21)15-20-8-6-10-23(13-20)27-4/h1,6-11,13,19,22,26H,12,14-18H2,2-4H3. The minimum absolute atomic E-state index is 0.227. The van der Waals surface area contributed by atoms with Crippen molar-refractivity contribution in [2.45, 2.75) is 33.0 Å². The number of hydrogen-bond acceptors (Lipinski definition) is 4. The van der Waals surface area contributed by atoms with Crippen LogP contribution in [-0.4, -0.2) is 54.1 Å². The van der Waals surface area contributed by atoms with E-state index in [1.807, 2.05) is 12.1 Å². The van der Waals surface area contributed by atoms with Crippen LogP contribution >= 0.6 is 0 Å². The number of methoxy groups -OCH3 is 1. The van der Waals surface area contributed by atoms with Crippen LogP contribution < -0.4 is 4.74 Å². The molecule has 0 aliphatic carbocycles. The average molecular weight is 385 g/mol. The van der Waals surface area contributed by atoms with Gasteiger partial charge >= 0.3 is 0 Å². The van der Waals surface area contributed by atoms with E-state index in [-0.39, 0.29) is 13.2 Å². The van der Waals surface area contributed by atoms with Crippen molar-refractivity contribution in [1.29, 1.82) is 0 Å². The maximum Gasteiger partial charge on any atom is 0.119 e. The first-order chi connectivity index (χ1) is 13.5. The quantitative estimate of drug-likeness (QED) is 0.451. The molecule has 0 radical (unpaired) electrons. The molecule has 0 aliphatic rings. The predicted octanol–water partition coefficient (Wildman–Crippen LogP) is 3.01. The average Bonchev–Trinajstić information content (AvgIpc) is 3.08. The summed E-state index contributed by atoms with van der Waals surface area (Å²) in [6, 6.07) is 12.3. The zero-order valence-corrected chi connectivity index (χ0v) is 17.2. The zero-order valence-electron chi connectivity index (χ0n) is 17.2. The Morgan fingerprint density at radius 2 is 2.04 bits per heavy atom. The molecular weight excluding hydrogens is 352 g/mol. The van der Waals surface area contributed by atoms with Gasteiger partial charge in [-0.15, -0.1) is 6.42 Å². The second kappa shape index (κ2) is 11.6. The molecule has 0 amide bonds. The number of nitrogens with zero attached hydrogens (tertiary/aromatic N) is 2. The molecule has 1 N–H and O–H groups in total. The second-order valence-corrected chi connectivity index (χ2v) is 7.44. The van der Waals surface area contributed by atoms with Crippen LogP contribution in [-0.2, 0) is 17.8 Å². The van der Waals surface area contributed by atoms with Crippen LogP contribution in [0, 0.1) is 18.3 Å². The fourth-order valence-corrected chi connectivity index (χ4v) is 3.27. The van der Waals surface area contributed by atoms with Gasteiger partial charge in [-0.05, 0) is 35.7 Å². The smallest absolute Gasteiger partial charge is 0.119 e. The third-order valence-electron chi connectivity index (χ3n) is 4.38. The molecule has 0 aliphatic heterocycles. The van der Waals surface area contributed by atoms with Crippen molar-refractivity contribution in [3.8, 4) is 18.1 Å². The van der Waals surface area contributed by atoms with Crippen LogP contribution in [0.1, 0.15) is 25.1 Å². The van der Waals surface area contributed by atoms with Crippen molar-refractivity contribution in [3.63, 3.8) is 0 Å². The Labute approximate surface area is 168 Å². The van der Waals surface area contributed by atoms with Crippen LogP contribution in [0.2, 0.25) is 0 Å². The van der Waals surface area contributed by atoms with Crippen molar-refractivity contribution < 1.29 is 14.6 Å². The van der Waals surface area contributed by atoms with Gasteiger partial charge in [0.2, 0.25) is 0 Å². The normalized spacial score (nSPS) is 12.3. The molecule has 1 aromatic heterocycles. The predicted molar refractivity (Wildman–Crippen MR) is 112 cm³/mol. The molecule has 1 unspecified atom stereocenters. The van der Waals surface area contributed by atoms with E-state index < -0.39 is 6.10 Å². The summed E-state index contributed by atoms with van der Waals surface area (Å²) >= 11 is 0. The lowest BCUT2D eigenvalue weighted by Crippen LogP contribution is -2.37. The van der Waals surface area contributed by atoms with Gasteiger partial charge in [0, 0.05) is 38.1 Å². The highest BCUT2D eigenvalue weighted by Gasteiger charge is 2.15. The first-order valence-corrected chi connectivity index (χ1v) is 9.70. The topological polar surface area (TPSA) is 46.9 Å². The Morgan fingerprint density at radius 3 is 2.75 bits per heavy atom. The Bertz CT molecular complexity index is 748. The third-order valence-corrected chi connectivity index (χ3v) is 4.38. The van der Waals surface area contributed by atoms with E-state index in [0.717, 1.165) is 25.4 Å². The lowest BCUT2D eigenvalue weighted by Gasteiger charge is -2.27. The maximum atomic E-state index is 10.3. The van der Waals surface area contributed by atoms with E-state index in [0.29, 0.717) is 12.5 Å². The molecule has 5 heteroatoms. The van der Waals surface area contributed by atoms with Crippen LogP contribution in [0.25, 0.3) is 0 Å². The van der Waals surface area contributed by atoms with Crippen LogP contribution in [0.15, 0.2) is 42.6 Å². The fraction of sp³-hybridized carbons (Fsp3) is 0.478. The van der Waals surface area contributed by atoms with Gasteiger partial charge in [-0.1, -0.05) is 31.9 Å². The largest absolute Gasteiger partial charge is 0.497 e. The number of hydrogen-bond donors (Lipinski definition) is 1. The molecule has 0 saturated heterocycles. The Hall–Kier alpha value is -2.26. The molecule has 1 aromatic carbocycles. The number of aromatic nitrogens is 1. The summed E-state index contributed by atoms with van der Waals surface area (Å²) in [5.74, 6) is 3.79. The first-order valence-electron chi connectivity index (χ1n) is 9.70. The molecule has 1 atom stereocenters. The lowest BCUT2D eigenvalue weighted by molar-refractivity contribution is 0.0233. The minimum atomic E-state index is -0.561. The molecule has 2 rings (SSSR count). The number of aliphatic hydroxyl groups is 1. The van der Waals surface area contributed by atoms with Gasteiger partial charge in [-0.3, -0.25) is 4.90 Å². The van der Waals surface area contributed by atoms with E-state index in [1.165, 1.54) is 11.3 Å². The highest BCUT2D eigenvalue weighted by Crippen LogP contribution is 2.16. The van der Waals surface area contributed by atoms with Crippen molar-refractivity contribution in [1.82, 2.24) is 9.47 Å². The van der Waals surface area contributed by atoms with Gasteiger partial charge < -0.3 is 19.1 Å². The minimum Gasteiger partial charge on any atom is -0.497 e. The highest BCUT2D eigenvalue weighted by atomic mass is 16.5. The Balaban J connectivity index is 2.03. The maximum absolute atomic E-state index is 10.3. The monoisotopic (exact) mass is 384 g/mol. The first kappa shape index (κ1) is 22.0. The van der Waals surface area contributed by atoms with Gasteiger partial charge in [0.15, 0.2) is 0 Å². The number of rotatable bonds is 12. The Morgan fingerprint density at radius 1 is 1.21 bits per heavy atom. The van der Waals surface area contributed by atoms with E-state index in [4.69, 9.17) is 15.9 Å². The molecule has 2 aromatic rings. The van der Waals surface area contributed by atoms with Crippen molar-refractivity contribution in [3.05, 3.63) is 53.9 Å². The summed E-state index contributed by atoms with van der Waals surface area (Å²) in [5.41, 5.74) is 2.40. The van der Waals surface area contributed by atoms with Crippen molar-refractivity contribution in [2.24, 2.45) is 5.92 Å². The van der Waals surface area contributed by atoms with E-state index in [9.17, 15) is 5.11 Å². The van der Waals surface area contributed by atoms with Gasteiger partial charge in [-0.2, -0.15) is 0 Å². The third kappa shape index (κ3) is 7.40. The molecule has 0 bridgehead atoms. The zero-order chi connectivity index (χ0) is 20.4. The number of ether oxygens (including phenoxy) is 2. The number of terminal acetylenes is 1. The summed E-state index contributed by atoms with van der Waals surface area (Å²) in [4.78, 5) is 2.27. The van der Waals surface area contributed by atoms with Gasteiger partial charge in [0.1, 0.15) is 12.4 Å². The van der Waals surface area contributed by atoms with Crippen molar-refractivity contribution >= 4 is 0 Å². The highest BCUT2D eigenvalue weighted by molar-refractivity contribution is 5.29. The van der Waals surface area contributed by atoms with E-state index in [2.05, 4.69) is 59.7 Å². The molecule has 5 nitrogen and oxygen atoms in total. The number of benzene rings is 1. The molecule has 0 fully saturated rings. The SMILES string of the molecule is C#CCOCC(O)CN(Cc1cccn1Cc1cccc(OC)c1)CC(C)C. The molecule has 28 heavy (non-hydrogen) atoms. The van der Waals surface area contributed by atoms with Crippen LogP contribution in [0.5, 0.6) is 5.75 Å².